The Balaban J connectivity index is 0.000000170. The number of carbonyl (C=O) groups excluding carboxylic acids is 2. The minimum absolute atomic E-state index is 0.126. The number of pyridine rings is 2. The largest absolute Gasteiger partial charge is 0.294 e. The fraction of sp³-hybridized carbons (Fsp3) is 0.314. The van der Waals surface area contributed by atoms with Crippen LogP contribution in [0.3, 0.4) is 0 Å². The third-order valence-corrected chi connectivity index (χ3v) is 7.53. The van der Waals surface area contributed by atoms with Gasteiger partial charge in [-0.3, -0.25) is 19.6 Å². The van der Waals surface area contributed by atoms with Crippen LogP contribution in [-0.4, -0.2) is 21.5 Å². The highest BCUT2D eigenvalue weighted by Crippen LogP contribution is 2.38. The molecule has 4 nitrogen and oxygen atoms in total. The highest BCUT2D eigenvalue weighted by molar-refractivity contribution is 6.05. The molecule has 0 radical (unpaired) electrons. The summed E-state index contributed by atoms with van der Waals surface area (Å²) in [5.74, 6) is 1.10. The highest BCUT2D eigenvalue weighted by atomic mass is 16.1. The van der Waals surface area contributed by atoms with Crippen molar-refractivity contribution < 1.29 is 9.59 Å². The van der Waals surface area contributed by atoms with E-state index in [0.717, 1.165) is 52.0 Å². The standard InChI is InChI=1S/C17H17NO.C16H15NO.C2H6/c1-11-9-12(2)17(19)15-10-13(6-7-14(11)15)16-5-3-4-8-18-16;1-16(2)10-12-7-6-11(9-13(12)15(16)18)14-5-3-4-8-17-14;1-2/h3-8,10-12H,9H2,1-2H3;3-9H,10H2,1-2H3;1-2H3. The van der Waals surface area contributed by atoms with Crippen LogP contribution in [0.15, 0.2) is 85.2 Å². The minimum atomic E-state index is -0.259. The smallest absolute Gasteiger partial charge is 0.169 e. The lowest BCUT2D eigenvalue weighted by molar-refractivity contribution is 0.0862. The number of nitrogens with zero attached hydrogens (tertiary/aromatic N) is 2. The van der Waals surface area contributed by atoms with Crippen LogP contribution in [0.5, 0.6) is 0 Å². The Bertz CT molecular complexity index is 1460. The first-order valence-electron chi connectivity index (χ1n) is 13.9. The normalized spacial score (nSPS) is 18.6. The van der Waals surface area contributed by atoms with Crippen molar-refractivity contribution >= 4 is 11.6 Å². The summed E-state index contributed by atoms with van der Waals surface area (Å²) in [5.41, 5.74) is 7.70. The zero-order chi connectivity index (χ0) is 28.2. The molecule has 0 saturated heterocycles. The highest BCUT2D eigenvalue weighted by Gasteiger charge is 2.37. The van der Waals surface area contributed by atoms with E-state index in [1.165, 1.54) is 5.56 Å². The number of ketones is 2. The molecule has 2 aliphatic rings. The molecular formula is C35H38N2O2. The van der Waals surface area contributed by atoms with Gasteiger partial charge >= 0.3 is 0 Å². The lowest BCUT2D eigenvalue weighted by Gasteiger charge is -2.26. The number of hydrogen-bond acceptors (Lipinski definition) is 4. The molecule has 39 heavy (non-hydrogen) atoms. The molecule has 0 saturated carbocycles. The lowest BCUT2D eigenvalue weighted by Crippen LogP contribution is -2.22. The summed E-state index contributed by atoms with van der Waals surface area (Å²) in [7, 11) is 0. The van der Waals surface area contributed by atoms with E-state index in [1.54, 1.807) is 12.4 Å². The summed E-state index contributed by atoms with van der Waals surface area (Å²) in [5, 5.41) is 0. The van der Waals surface area contributed by atoms with Gasteiger partial charge in [-0.2, -0.15) is 0 Å². The number of aromatic nitrogens is 2. The Morgan fingerprint density at radius 2 is 1.28 bits per heavy atom. The fourth-order valence-electron chi connectivity index (χ4n) is 5.48. The number of hydrogen-bond donors (Lipinski definition) is 0. The van der Waals surface area contributed by atoms with Gasteiger partial charge in [0.2, 0.25) is 0 Å². The Morgan fingerprint density at radius 3 is 1.85 bits per heavy atom. The Labute approximate surface area is 232 Å². The van der Waals surface area contributed by atoms with Crippen LogP contribution in [0.4, 0.5) is 0 Å². The molecule has 0 spiro atoms. The third-order valence-electron chi connectivity index (χ3n) is 7.53. The monoisotopic (exact) mass is 518 g/mol. The van der Waals surface area contributed by atoms with Gasteiger partial charge < -0.3 is 0 Å². The molecule has 200 valence electrons. The van der Waals surface area contributed by atoms with Crippen molar-refractivity contribution in [3.63, 3.8) is 0 Å². The average Bonchev–Trinajstić information content (AvgIpc) is 3.21. The van der Waals surface area contributed by atoms with Gasteiger partial charge in [-0.05, 0) is 66.3 Å². The number of rotatable bonds is 2. The van der Waals surface area contributed by atoms with Crippen LogP contribution in [0.2, 0.25) is 0 Å². The summed E-state index contributed by atoms with van der Waals surface area (Å²) >= 11 is 0. The van der Waals surface area contributed by atoms with Crippen LogP contribution in [0, 0.1) is 11.3 Å². The van der Waals surface area contributed by atoms with E-state index in [9.17, 15) is 9.59 Å². The lowest BCUT2D eigenvalue weighted by atomic mass is 9.77. The van der Waals surface area contributed by atoms with E-state index in [1.807, 2.05) is 83.1 Å². The summed E-state index contributed by atoms with van der Waals surface area (Å²) < 4.78 is 0. The van der Waals surface area contributed by atoms with Gasteiger partial charge in [-0.15, -0.1) is 0 Å². The van der Waals surface area contributed by atoms with Crippen molar-refractivity contribution in [3.8, 4) is 22.5 Å². The first kappa shape index (κ1) is 28.1. The quantitative estimate of drug-likeness (QED) is 0.266. The minimum Gasteiger partial charge on any atom is -0.294 e. The molecule has 4 heteroatoms. The van der Waals surface area contributed by atoms with Crippen molar-refractivity contribution in [3.05, 3.63) is 107 Å². The summed E-state index contributed by atoms with van der Waals surface area (Å²) in [6, 6.07) is 23.9. The number of benzene rings is 2. The molecule has 0 fully saturated rings. The van der Waals surface area contributed by atoms with Crippen molar-refractivity contribution in [2.24, 2.45) is 11.3 Å². The van der Waals surface area contributed by atoms with Gasteiger partial charge in [0.1, 0.15) is 0 Å². The second-order valence-corrected chi connectivity index (χ2v) is 10.9. The molecule has 0 bridgehead atoms. The molecular weight excluding hydrogens is 480 g/mol. The number of fused-ring (bicyclic) bond motifs is 2. The Hall–Kier alpha value is -3.92. The maximum atomic E-state index is 12.3. The predicted molar refractivity (Wildman–Crippen MR) is 159 cm³/mol. The van der Waals surface area contributed by atoms with E-state index >= 15 is 0 Å². The molecule has 0 aliphatic heterocycles. The predicted octanol–water partition coefficient (Wildman–Crippen LogP) is 8.61. The summed E-state index contributed by atoms with van der Waals surface area (Å²) in [4.78, 5) is 33.3. The van der Waals surface area contributed by atoms with Crippen molar-refractivity contribution in [1.29, 1.82) is 0 Å². The topological polar surface area (TPSA) is 59.9 Å². The Kier molecular flexibility index (Phi) is 8.54. The first-order chi connectivity index (χ1) is 18.7. The molecule has 2 atom stereocenters. The van der Waals surface area contributed by atoms with Gasteiger partial charge in [0, 0.05) is 46.0 Å². The maximum absolute atomic E-state index is 12.3. The molecule has 0 N–H and O–H groups in total. The second kappa shape index (κ2) is 11.9. The summed E-state index contributed by atoms with van der Waals surface area (Å²) in [6.07, 6.45) is 5.34. The van der Waals surface area contributed by atoms with Gasteiger partial charge in [-0.25, -0.2) is 0 Å². The summed E-state index contributed by atoms with van der Waals surface area (Å²) in [6.45, 7) is 12.2. The third kappa shape index (κ3) is 5.90. The molecule has 2 unspecified atom stereocenters. The van der Waals surface area contributed by atoms with E-state index < -0.39 is 0 Å². The molecule has 2 heterocycles. The Morgan fingerprint density at radius 1 is 0.718 bits per heavy atom. The molecule has 2 aromatic carbocycles. The molecule has 4 aromatic rings. The molecule has 6 rings (SSSR count). The molecule has 0 amide bonds. The SMILES string of the molecule is CC.CC1(C)Cc2ccc(-c3ccccn3)cc2C1=O.CC1CC(C)c2ccc(-c3ccccn3)cc2C1=O. The molecule has 2 aliphatic carbocycles. The van der Waals surface area contributed by atoms with E-state index in [-0.39, 0.29) is 22.9 Å². The fourth-order valence-corrected chi connectivity index (χ4v) is 5.48. The number of carbonyl (C=O) groups is 2. The van der Waals surface area contributed by atoms with Crippen molar-refractivity contribution in [2.75, 3.05) is 0 Å². The molecule has 2 aromatic heterocycles. The second-order valence-electron chi connectivity index (χ2n) is 10.9. The van der Waals surface area contributed by atoms with Crippen LogP contribution >= 0.6 is 0 Å². The van der Waals surface area contributed by atoms with Gasteiger partial charge in [0.05, 0.1) is 11.4 Å². The van der Waals surface area contributed by atoms with Gasteiger partial charge in [0.25, 0.3) is 0 Å². The zero-order valence-corrected chi connectivity index (χ0v) is 23.9. The number of Topliss-reactive ketones (excluding diaryl/α,β-unsaturated/α-hetero) is 2. The van der Waals surface area contributed by atoms with Crippen molar-refractivity contribution in [1.82, 2.24) is 9.97 Å². The van der Waals surface area contributed by atoms with Gasteiger partial charge in [0.15, 0.2) is 11.6 Å². The van der Waals surface area contributed by atoms with Crippen LogP contribution in [-0.2, 0) is 6.42 Å². The average molecular weight is 519 g/mol. The zero-order valence-electron chi connectivity index (χ0n) is 23.9. The maximum Gasteiger partial charge on any atom is 0.169 e. The van der Waals surface area contributed by atoms with Crippen LogP contribution in [0.25, 0.3) is 22.5 Å². The van der Waals surface area contributed by atoms with E-state index in [0.29, 0.717) is 5.92 Å². The van der Waals surface area contributed by atoms with E-state index in [2.05, 4.69) is 41.2 Å². The van der Waals surface area contributed by atoms with Crippen LogP contribution < -0.4 is 0 Å². The van der Waals surface area contributed by atoms with E-state index in [4.69, 9.17) is 0 Å². The van der Waals surface area contributed by atoms with Gasteiger partial charge in [-0.1, -0.05) is 77.9 Å². The van der Waals surface area contributed by atoms with Crippen LogP contribution in [0.1, 0.15) is 85.7 Å². The first-order valence-corrected chi connectivity index (χ1v) is 13.9. The van der Waals surface area contributed by atoms with Crippen molar-refractivity contribution in [2.45, 2.75) is 60.3 Å².